The van der Waals surface area contributed by atoms with E-state index in [0.29, 0.717) is 0 Å². The zero-order chi connectivity index (χ0) is 50.8. The Kier molecular flexibility index (Phi) is 9.00. The van der Waals surface area contributed by atoms with E-state index in [4.69, 9.17) is 4.42 Å². The van der Waals surface area contributed by atoms with E-state index in [9.17, 15) is 0 Å². The fourth-order valence-corrected chi connectivity index (χ4v) is 15.9. The molecule has 0 saturated carbocycles. The highest BCUT2D eigenvalue weighted by Crippen LogP contribution is 2.59. The van der Waals surface area contributed by atoms with Crippen molar-refractivity contribution in [2.75, 3.05) is 9.71 Å². The summed E-state index contributed by atoms with van der Waals surface area (Å²) in [4.78, 5) is 5.52. The van der Waals surface area contributed by atoms with Crippen LogP contribution in [0.3, 0.4) is 0 Å². The van der Waals surface area contributed by atoms with Crippen molar-refractivity contribution in [2.24, 2.45) is 0 Å². The molecule has 2 aromatic heterocycles. The third kappa shape index (κ3) is 6.12. The number of benzene rings is 7. The molecular weight excluding hydrogens is 904 g/mol. The number of anilines is 5. The molecule has 0 unspecified atom stereocenters. The van der Waals surface area contributed by atoms with Gasteiger partial charge in [-0.1, -0.05) is 151 Å². The van der Waals surface area contributed by atoms with Gasteiger partial charge >= 0.3 is 6.85 Å². The normalized spacial score (nSPS) is 19.1. The first-order chi connectivity index (χ1) is 34.5. The zero-order valence-corrected chi connectivity index (χ0v) is 46.4. The van der Waals surface area contributed by atoms with Crippen molar-refractivity contribution in [3.8, 4) is 22.3 Å². The maximum absolute atomic E-state index is 7.32. The van der Waals surface area contributed by atoms with Crippen LogP contribution in [-0.4, -0.2) is 6.85 Å². The average Bonchev–Trinajstić information content (AvgIpc) is 3.98. The van der Waals surface area contributed by atoms with Crippen LogP contribution in [0.5, 0.6) is 0 Å². The number of para-hydroxylation sites is 1. The minimum atomic E-state index is -0.184. The maximum Gasteiger partial charge on any atom is 0.343 e. The van der Waals surface area contributed by atoms with Crippen LogP contribution in [0.25, 0.3) is 54.3 Å². The van der Waals surface area contributed by atoms with Crippen molar-refractivity contribution in [2.45, 2.75) is 155 Å². The molecular formula is C68H69BN2OS. The van der Waals surface area contributed by atoms with E-state index in [1.807, 2.05) is 11.3 Å². The van der Waals surface area contributed by atoms with Crippen LogP contribution >= 0.6 is 11.3 Å². The van der Waals surface area contributed by atoms with Gasteiger partial charge < -0.3 is 14.1 Å². The molecule has 0 radical (unpaired) electrons. The second-order valence-corrected chi connectivity index (χ2v) is 28.2. The van der Waals surface area contributed by atoms with Crippen molar-refractivity contribution >= 4 is 88.9 Å². The number of furan rings is 1. The molecule has 3 nitrogen and oxygen atoms in total. The van der Waals surface area contributed by atoms with Crippen LogP contribution in [0, 0.1) is 6.92 Å². The third-order valence-electron chi connectivity index (χ3n) is 19.2. The van der Waals surface area contributed by atoms with E-state index in [-0.39, 0.29) is 39.3 Å². The monoisotopic (exact) mass is 973 g/mol. The minimum absolute atomic E-state index is 0.0167. The summed E-state index contributed by atoms with van der Waals surface area (Å²) in [5.74, 6) is 0. The highest BCUT2D eigenvalue weighted by atomic mass is 32.1. The van der Waals surface area contributed by atoms with Gasteiger partial charge in [-0.15, -0.1) is 11.3 Å². The van der Waals surface area contributed by atoms with Crippen LogP contribution in [0.2, 0.25) is 0 Å². The first-order valence-electron chi connectivity index (χ1n) is 27.2. The Balaban J connectivity index is 1.18. The lowest BCUT2D eigenvalue weighted by Gasteiger charge is -2.46. The first-order valence-corrected chi connectivity index (χ1v) is 28.0. The number of hydrogen-bond donors (Lipinski definition) is 0. The predicted octanol–water partition coefficient (Wildman–Crippen LogP) is 18.1. The minimum Gasteiger partial charge on any atom is -0.455 e. The SMILES string of the molecule is Cc1cc2c(cc1N1c3cc4c(oc5ccccc54)c4c3B(c3sc5cc6c(cc5c31)C(C)(C)CCC6(C)C)N(c1ccc(C(C)(C)C)cc1)c1cc3c(cc1-4)-c1ccccc1C3(C)C)C(C)(C)CCC2(C)C. The molecule has 3 aliphatic carbocycles. The van der Waals surface area contributed by atoms with Crippen molar-refractivity contribution < 1.29 is 4.42 Å². The zero-order valence-electron chi connectivity index (χ0n) is 45.6. The van der Waals surface area contributed by atoms with Crippen LogP contribution in [-0.2, 0) is 32.5 Å². The molecule has 0 saturated heterocycles. The van der Waals surface area contributed by atoms with E-state index in [1.54, 1.807) is 0 Å². The van der Waals surface area contributed by atoms with Gasteiger partial charge in [0.2, 0.25) is 0 Å². The largest absolute Gasteiger partial charge is 0.455 e. The lowest BCUT2D eigenvalue weighted by atomic mass is 9.46. The van der Waals surface area contributed by atoms with Gasteiger partial charge in [-0.3, -0.25) is 0 Å². The van der Waals surface area contributed by atoms with E-state index < -0.39 is 0 Å². The van der Waals surface area contributed by atoms with Gasteiger partial charge in [-0.2, -0.15) is 0 Å². The number of thiophene rings is 1. The fraction of sp³-hybridized carbons (Fsp3) is 0.353. The van der Waals surface area contributed by atoms with E-state index in [2.05, 4.69) is 222 Å². The van der Waals surface area contributed by atoms with Crippen molar-refractivity contribution in [3.63, 3.8) is 0 Å². The summed E-state index contributed by atoms with van der Waals surface area (Å²) < 4.78 is 10.1. The first kappa shape index (κ1) is 45.6. The van der Waals surface area contributed by atoms with Crippen LogP contribution in [0.4, 0.5) is 28.4 Å². The molecule has 0 amide bonds. The van der Waals surface area contributed by atoms with Crippen LogP contribution < -0.4 is 20.0 Å². The summed E-state index contributed by atoms with van der Waals surface area (Å²) in [5, 5.41) is 3.69. The predicted molar refractivity (Wildman–Crippen MR) is 314 cm³/mol. The number of aryl methyl sites for hydroxylation is 1. The fourth-order valence-electron chi connectivity index (χ4n) is 14.6. The second-order valence-electron chi connectivity index (χ2n) is 27.1. The smallest absolute Gasteiger partial charge is 0.343 e. The van der Waals surface area contributed by atoms with Crippen LogP contribution in [0.15, 0.2) is 120 Å². The standard InChI is InChI=1S/C68H69BN2OS/c1-38-31-49-51(66(9,10)29-27-64(49,5)6)36-53(38)70-55-34-44-42-20-16-18-22-56(42)72-61(44)58-45-32-43-41-19-15-17-21-47(41)68(13,14)48(43)35-54(45)71(40-25-23-39(24-26-40)63(2,3)4)69(59(55)58)62-60(70)46-33-50-52(37-57(46)73-62)67(11,12)30-28-65(50,7)8/h15-26,31-37H,27-30H2,1-14H3. The molecule has 9 aromatic rings. The average molecular weight is 973 g/mol. The Morgan fingerprint density at radius 2 is 1.14 bits per heavy atom. The van der Waals surface area contributed by atoms with Gasteiger partial charge in [0, 0.05) is 64.9 Å². The lowest BCUT2D eigenvalue weighted by molar-refractivity contribution is 0.332. The highest BCUT2D eigenvalue weighted by molar-refractivity contribution is 7.32. The summed E-state index contributed by atoms with van der Waals surface area (Å²) in [6, 6.07) is 45.7. The van der Waals surface area contributed by atoms with E-state index in [0.717, 1.165) is 23.0 Å². The topological polar surface area (TPSA) is 19.6 Å². The molecule has 0 spiro atoms. The third-order valence-corrected chi connectivity index (χ3v) is 20.4. The molecule has 14 rings (SSSR count). The lowest BCUT2D eigenvalue weighted by Crippen LogP contribution is -2.60. The van der Waals surface area contributed by atoms with Crippen molar-refractivity contribution in [1.29, 1.82) is 0 Å². The van der Waals surface area contributed by atoms with E-state index in [1.165, 1.54) is 140 Å². The number of rotatable bonds is 2. The second kappa shape index (κ2) is 14.4. The van der Waals surface area contributed by atoms with Crippen molar-refractivity contribution in [1.82, 2.24) is 0 Å². The molecule has 0 atom stereocenters. The van der Waals surface area contributed by atoms with Gasteiger partial charge in [0.05, 0.1) is 5.69 Å². The van der Waals surface area contributed by atoms with Crippen molar-refractivity contribution in [3.05, 3.63) is 160 Å². The molecule has 2 aliphatic heterocycles. The molecule has 7 aromatic carbocycles. The maximum atomic E-state index is 7.32. The molecule has 0 N–H and O–H groups in total. The van der Waals surface area contributed by atoms with E-state index >= 15 is 0 Å². The Morgan fingerprint density at radius 3 is 1.82 bits per heavy atom. The summed E-state index contributed by atoms with van der Waals surface area (Å²) in [6.45, 7) is 33.9. The molecule has 0 fully saturated rings. The molecule has 5 aliphatic rings. The van der Waals surface area contributed by atoms with Crippen LogP contribution in [0.1, 0.15) is 160 Å². The highest BCUT2D eigenvalue weighted by Gasteiger charge is 2.51. The number of nitrogens with zero attached hydrogens (tertiary/aromatic N) is 2. The van der Waals surface area contributed by atoms with Gasteiger partial charge in [-0.05, 0) is 175 Å². The molecule has 0 bridgehead atoms. The number of hydrogen-bond acceptors (Lipinski definition) is 4. The molecule has 5 heteroatoms. The molecule has 366 valence electrons. The summed E-state index contributed by atoms with van der Waals surface area (Å²) in [7, 11) is 0. The Labute approximate surface area is 437 Å². The van der Waals surface area contributed by atoms with Gasteiger partial charge in [0.15, 0.2) is 0 Å². The quantitative estimate of drug-likeness (QED) is 0.161. The summed E-state index contributed by atoms with van der Waals surface area (Å²) in [5.41, 5.74) is 26.2. The van der Waals surface area contributed by atoms with Gasteiger partial charge in [0.25, 0.3) is 0 Å². The Morgan fingerprint density at radius 1 is 0.534 bits per heavy atom. The summed E-state index contributed by atoms with van der Waals surface area (Å²) in [6.07, 6.45) is 4.69. The van der Waals surface area contributed by atoms with Gasteiger partial charge in [0.1, 0.15) is 11.2 Å². The Hall–Kier alpha value is -6.04. The molecule has 73 heavy (non-hydrogen) atoms. The number of fused-ring (bicyclic) bond motifs is 15. The Bertz CT molecular complexity index is 3900. The summed E-state index contributed by atoms with van der Waals surface area (Å²) >= 11 is 2.04. The van der Waals surface area contributed by atoms with Gasteiger partial charge in [-0.25, -0.2) is 0 Å². The molecule has 4 heterocycles.